The molecule has 0 bridgehead atoms. The van der Waals surface area contributed by atoms with Gasteiger partial charge in [-0.05, 0) is 54.9 Å². The van der Waals surface area contributed by atoms with E-state index in [-0.39, 0.29) is 23.4 Å². The topological polar surface area (TPSA) is 130 Å². The molecule has 2 aromatic carbocycles. The number of nitrogens with zero attached hydrogens (tertiary/aromatic N) is 5. The molecule has 0 saturated carbocycles. The number of fused-ring (bicyclic) bond motifs is 1. The van der Waals surface area contributed by atoms with Crippen LogP contribution >= 0.6 is 23.1 Å². The lowest BCUT2D eigenvalue weighted by Gasteiger charge is -2.24. The minimum Gasteiger partial charge on any atom is -0.463 e. The van der Waals surface area contributed by atoms with Crippen molar-refractivity contribution in [2.75, 3.05) is 6.61 Å². The highest BCUT2D eigenvalue weighted by atomic mass is 32.2. The molecule has 12 heteroatoms. The number of nitro benzene ring substituents is 1. The van der Waals surface area contributed by atoms with Crippen LogP contribution in [0.1, 0.15) is 31.0 Å². The van der Waals surface area contributed by atoms with Gasteiger partial charge < -0.3 is 4.74 Å². The van der Waals surface area contributed by atoms with Gasteiger partial charge >= 0.3 is 5.97 Å². The van der Waals surface area contributed by atoms with E-state index in [2.05, 4.69) is 15.0 Å². The van der Waals surface area contributed by atoms with Gasteiger partial charge in [-0.25, -0.2) is 19.8 Å². The fraction of sp³-hybridized carbons (Fsp3) is 0.148. The van der Waals surface area contributed by atoms with Crippen LogP contribution in [0.3, 0.4) is 0 Å². The molecule has 10 nitrogen and oxygen atoms in total. The number of ether oxygens (including phenoxy) is 1. The smallest absolute Gasteiger partial charge is 0.338 e. The maximum atomic E-state index is 13.9. The molecule has 3 heterocycles. The molecule has 2 aromatic heterocycles. The Labute approximate surface area is 230 Å². The number of thiazole rings is 1. The van der Waals surface area contributed by atoms with Gasteiger partial charge in [-0.2, -0.15) is 0 Å². The molecule has 1 aliphatic heterocycles. The van der Waals surface area contributed by atoms with E-state index in [0.29, 0.717) is 30.6 Å². The van der Waals surface area contributed by atoms with Crippen molar-refractivity contribution in [2.45, 2.75) is 29.9 Å². The van der Waals surface area contributed by atoms with Gasteiger partial charge in [0, 0.05) is 29.4 Å². The van der Waals surface area contributed by atoms with Crippen molar-refractivity contribution < 1.29 is 14.5 Å². The first-order valence-electron chi connectivity index (χ1n) is 11.8. The molecule has 4 aromatic rings. The van der Waals surface area contributed by atoms with Gasteiger partial charge in [-0.1, -0.05) is 41.7 Å². The van der Waals surface area contributed by atoms with Gasteiger partial charge in [0.1, 0.15) is 0 Å². The van der Waals surface area contributed by atoms with Crippen molar-refractivity contribution in [1.29, 1.82) is 0 Å². The van der Waals surface area contributed by atoms with Crippen LogP contribution in [0.15, 0.2) is 98.1 Å². The van der Waals surface area contributed by atoms with E-state index >= 15 is 0 Å². The Bertz CT molecular complexity index is 1780. The van der Waals surface area contributed by atoms with E-state index in [1.54, 1.807) is 44.4 Å². The van der Waals surface area contributed by atoms with Crippen LogP contribution < -0.4 is 14.9 Å². The van der Waals surface area contributed by atoms with E-state index < -0.39 is 16.9 Å². The van der Waals surface area contributed by atoms with E-state index in [0.717, 1.165) is 16.9 Å². The van der Waals surface area contributed by atoms with Crippen molar-refractivity contribution >= 4 is 40.8 Å². The van der Waals surface area contributed by atoms with E-state index in [1.165, 1.54) is 28.5 Å². The summed E-state index contributed by atoms with van der Waals surface area (Å²) in [5, 5.41) is 12.0. The number of esters is 1. The minimum atomic E-state index is -0.736. The third-order valence-corrected chi connectivity index (χ3v) is 7.83. The molecule has 0 radical (unpaired) electrons. The summed E-state index contributed by atoms with van der Waals surface area (Å²) >= 11 is 2.38. The quantitative estimate of drug-likeness (QED) is 0.145. The van der Waals surface area contributed by atoms with E-state index in [4.69, 9.17) is 4.74 Å². The molecule has 196 valence electrons. The molecule has 0 N–H and O–H groups in total. The van der Waals surface area contributed by atoms with Crippen LogP contribution in [0.4, 0.5) is 5.69 Å². The number of non-ortho nitro benzene ring substituents is 1. The minimum absolute atomic E-state index is 0.116. The van der Waals surface area contributed by atoms with Crippen molar-refractivity contribution in [3.05, 3.63) is 119 Å². The Morgan fingerprint density at radius 2 is 1.92 bits per heavy atom. The first kappa shape index (κ1) is 26.2. The lowest BCUT2D eigenvalue weighted by molar-refractivity contribution is -0.384. The Hall–Kier alpha value is -4.42. The fourth-order valence-corrected chi connectivity index (χ4v) is 6.01. The normalized spacial score (nSPS) is 15.0. The molecule has 0 fully saturated rings. The van der Waals surface area contributed by atoms with Gasteiger partial charge in [0.15, 0.2) is 9.96 Å². The summed E-state index contributed by atoms with van der Waals surface area (Å²) in [5.41, 5.74) is 1.45. The van der Waals surface area contributed by atoms with Crippen LogP contribution in [0.2, 0.25) is 0 Å². The highest BCUT2D eigenvalue weighted by molar-refractivity contribution is 7.99. The SMILES string of the molecule is CCOC(=O)C1=C(C)N=c2s/c(=C/c3cc([N+](=O)[O-])ccc3Sc3ncccn3)c(=O)n2[C@H]1c1ccccc1. The van der Waals surface area contributed by atoms with Crippen molar-refractivity contribution in [3.63, 3.8) is 0 Å². The number of hydrogen-bond acceptors (Lipinski definition) is 10. The average Bonchev–Trinajstić information content (AvgIpc) is 3.24. The molecular formula is C27H21N5O5S2. The summed E-state index contributed by atoms with van der Waals surface area (Å²) in [5.74, 6) is -0.540. The largest absolute Gasteiger partial charge is 0.463 e. The number of rotatable bonds is 7. The monoisotopic (exact) mass is 559 g/mol. The third-order valence-electron chi connectivity index (χ3n) is 5.87. The van der Waals surface area contributed by atoms with Gasteiger partial charge in [-0.3, -0.25) is 19.5 Å². The second kappa shape index (κ2) is 11.1. The lowest BCUT2D eigenvalue weighted by Crippen LogP contribution is -2.39. The van der Waals surface area contributed by atoms with Crippen LogP contribution in [0.25, 0.3) is 6.08 Å². The summed E-state index contributed by atoms with van der Waals surface area (Å²) in [7, 11) is 0. The number of allylic oxidation sites excluding steroid dienone is 1. The molecule has 0 aliphatic carbocycles. The van der Waals surface area contributed by atoms with Crippen molar-refractivity contribution in [2.24, 2.45) is 4.99 Å². The standard InChI is InChI=1S/C27H21N5O5S2/c1-3-37-25(34)22-16(2)30-27-31(23(22)17-8-5-4-6-9-17)24(33)21(39-27)15-18-14-19(32(35)36)10-11-20(18)38-26-28-12-7-13-29-26/h4-15,23H,3H2,1-2H3/b21-15+/t23-/m0/s1. The second-order valence-corrected chi connectivity index (χ2v) is 10.3. The molecular weight excluding hydrogens is 538 g/mol. The predicted octanol–water partition coefficient (Wildman–Crippen LogP) is 3.65. The molecule has 0 amide bonds. The summed E-state index contributed by atoms with van der Waals surface area (Å²) < 4.78 is 7.10. The molecule has 1 atom stereocenters. The van der Waals surface area contributed by atoms with Crippen LogP contribution in [-0.2, 0) is 9.53 Å². The zero-order chi connectivity index (χ0) is 27.5. The summed E-state index contributed by atoms with van der Waals surface area (Å²) in [6.07, 6.45) is 4.81. The van der Waals surface area contributed by atoms with Gasteiger partial charge in [0.05, 0.1) is 33.4 Å². The van der Waals surface area contributed by atoms with Crippen LogP contribution in [0.5, 0.6) is 0 Å². The van der Waals surface area contributed by atoms with Gasteiger partial charge in [-0.15, -0.1) is 0 Å². The lowest BCUT2D eigenvalue weighted by atomic mass is 9.96. The van der Waals surface area contributed by atoms with Crippen molar-refractivity contribution in [1.82, 2.24) is 14.5 Å². The molecule has 1 aliphatic rings. The zero-order valence-electron chi connectivity index (χ0n) is 20.8. The van der Waals surface area contributed by atoms with Gasteiger partial charge in [0.25, 0.3) is 11.2 Å². The van der Waals surface area contributed by atoms with Crippen molar-refractivity contribution in [3.8, 4) is 0 Å². The molecule has 0 unspecified atom stereocenters. The molecule has 39 heavy (non-hydrogen) atoms. The van der Waals surface area contributed by atoms with Crippen LogP contribution in [-0.4, -0.2) is 32.0 Å². The molecule has 0 saturated heterocycles. The highest BCUT2D eigenvalue weighted by Gasteiger charge is 2.33. The third kappa shape index (κ3) is 5.29. The van der Waals surface area contributed by atoms with Gasteiger partial charge in [0.2, 0.25) is 0 Å². The summed E-state index contributed by atoms with van der Waals surface area (Å²) in [6, 6.07) is 14.6. The Morgan fingerprint density at radius 3 is 2.62 bits per heavy atom. The Balaban J connectivity index is 1.70. The number of hydrogen-bond donors (Lipinski definition) is 0. The van der Waals surface area contributed by atoms with Crippen LogP contribution in [0, 0.1) is 10.1 Å². The number of aromatic nitrogens is 3. The predicted molar refractivity (Wildman–Crippen MR) is 146 cm³/mol. The first-order valence-corrected chi connectivity index (χ1v) is 13.5. The maximum absolute atomic E-state index is 13.9. The molecule has 5 rings (SSSR count). The summed E-state index contributed by atoms with van der Waals surface area (Å²) in [4.78, 5) is 52.0. The maximum Gasteiger partial charge on any atom is 0.338 e. The van der Waals surface area contributed by atoms with E-state index in [9.17, 15) is 19.7 Å². The number of carbonyl (C=O) groups is 1. The Morgan fingerprint density at radius 1 is 1.18 bits per heavy atom. The number of benzene rings is 2. The molecule has 0 spiro atoms. The average molecular weight is 560 g/mol. The van der Waals surface area contributed by atoms with E-state index in [1.807, 2.05) is 30.3 Å². The zero-order valence-corrected chi connectivity index (χ0v) is 22.4. The summed E-state index contributed by atoms with van der Waals surface area (Å²) in [6.45, 7) is 3.62. The fourth-order valence-electron chi connectivity index (χ4n) is 4.18. The number of carbonyl (C=O) groups excluding carboxylic acids is 1. The number of nitro groups is 1. The second-order valence-electron chi connectivity index (χ2n) is 8.33. The Kier molecular flexibility index (Phi) is 7.48. The first-order chi connectivity index (χ1) is 18.9. The highest BCUT2D eigenvalue weighted by Crippen LogP contribution is 2.32.